The first-order valence-electron chi connectivity index (χ1n) is 11.2. The molecule has 3 atom stereocenters. The van der Waals surface area contributed by atoms with Crippen molar-refractivity contribution in [2.24, 2.45) is 0 Å². The molecule has 5 heterocycles. The maximum Gasteiger partial charge on any atom is 0.278 e. The van der Waals surface area contributed by atoms with Gasteiger partial charge in [0.2, 0.25) is 5.43 Å². The van der Waals surface area contributed by atoms with Crippen LogP contribution in [-0.2, 0) is 11.2 Å². The molecule has 3 aromatic rings. The number of carbonyl (C=O) groups excluding carboxylic acids is 1. The number of carbonyl (C=O) groups is 1. The van der Waals surface area contributed by atoms with Crippen LogP contribution < -0.4 is 10.4 Å². The van der Waals surface area contributed by atoms with E-state index in [4.69, 9.17) is 4.74 Å². The number of hydrogen-bond donors (Lipinski definition) is 1. The molecule has 2 bridgehead atoms. The first-order valence-corrected chi connectivity index (χ1v) is 12.1. The van der Waals surface area contributed by atoms with Gasteiger partial charge in [-0.1, -0.05) is 23.5 Å². The van der Waals surface area contributed by atoms with Crippen LogP contribution >= 0.6 is 11.3 Å². The van der Waals surface area contributed by atoms with Gasteiger partial charge in [0, 0.05) is 19.2 Å². The summed E-state index contributed by atoms with van der Waals surface area (Å²) in [5.74, 6) is -1.30. The predicted octanol–water partition coefficient (Wildman–Crippen LogP) is 2.10. The van der Waals surface area contributed by atoms with Crippen LogP contribution in [0, 0.1) is 5.82 Å². The van der Waals surface area contributed by atoms with Crippen LogP contribution in [0.5, 0.6) is 5.75 Å². The van der Waals surface area contributed by atoms with Gasteiger partial charge in [0.15, 0.2) is 16.5 Å². The smallest absolute Gasteiger partial charge is 0.278 e. The second-order valence-corrected chi connectivity index (χ2v) is 9.78. The van der Waals surface area contributed by atoms with E-state index in [9.17, 15) is 19.1 Å². The number of likely N-dealkylation sites (N-methyl/N-ethyl adjacent to an activating group) is 1. The van der Waals surface area contributed by atoms with Crippen LogP contribution in [0.1, 0.15) is 40.8 Å². The third-order valence-electron chi connectivity index (χ3n) is 6.70. The Bertz CT molecular complexity index is 1340. The van der Waals surface area contributed by atoms with Gasteiger partial charge in [-0.25, -0.2) is 4.39 Å². The van der Waals surface area contributed by atoms with Crippen LogP contribution in [-0.4, -0.2) is 62.3 Å². The van der Waals surface area contributed by atoms with Crippen LogP contribution in [0.3, 0.4) is 0 Å². The van der Waals surface area contributed by atoms with E-state index in [1.807, 2.05) is 11.9 Å². The molecule has 0 radical (unpaired) electrons. The van der Waals surface area contributed by atoms with Gasteiger partial charge in [0.1, 0.15) is 17.0 Å². The van der Waals surface area contributed by atoms with Crippen LogP contribution in [0.15, 0.2) is 35.3 Å². The second kappa shape index (κ2) is 7.88. The van der Waals surface area contributed by atoms with Crippen LogP contribution in [0.2, 0.25) is 0 Å². The number of nitrogens with zero attached hydrogens (tertiary/aromatic N) is 5. The molecule has 1 unspecified atom stereocenters. The molecule has 34 heavy (non-hydrogen) atoms. The van der Waals surface area contributed by atoms with Crippen molar-refractivity contribution < 1.29 is 19.0 Å². The number of morpholine rings is 1. The molecule has 3 aliphatic heterocycles. The van der Waals surface area contributed by atoms with Crippen molar-refractivity contribution >= 4 is 17.2 Å². The molecule has 0 aliphatic carbocycles. The molecule has 1 N–H and O–H groups in total. The summed E-state index contributed by atoms with van der Waals surface area (Å²) in [4.78, 5) is 28.1. The molecule has 1 amide bonds. The summed E-state index contributed by atoms with van der Waals surface area (Å²) >= 11 is 1.23. The molecule has 176 valence electrons. The quantitative estimate of drug-likeness (QED) is 0.607. The average Bonchev–Trinajstić information content (AvgIpc) is 3.45. The molecule has 0 spiro atoms. The van der Waals surface area contributed by atoms with Gasteiger partial charge in [-0.3, -0.25) is 19.3 Å². The Morgan fingerprint density at radius 2 is 2.00 bits per heavy atom. The molecule has 6 rings (SSSR count). The summed E-state index contributed by atoms with van der Waals surface area (Å²) < 4.78 is 20.9. The van der Waals surface area contributed by atoms with Gasteiger partial charge >= 0.3 is 0 Å². The molecule has 9 nitrogen and oxygen atoms in total. The van der Waals surface area contributed by atoms with Crippen molar-refractivity contribution in [1.29, 1.82) is 0 Å². The van der Waals surface area contributed by atoms with E-state index in [-0.39, 0.29) is 35.4 Å². The SMILES string of the molecule is CCN1C(=O)c2c(O)c(=O)c(-c3nnc(Cc4ccc(F)cc4)s3)cn2N2C[C@H]3CC[C@H](O3)C12. The number of rotatable bonds is 4. The third kappa shape index (κ3) is 3.22. The molecule has 2 fully saturated rings. The molecule has 2 saturated heterocycles. The summed E-state index contributed by atoms with van der Waals surface area (Å²) in [5, 5.41) is 22.2. The van der Waals surface area contributed by atoms with Crippen LogP contribution in [0.25, 0.3) is 10.6 Å². The number of amides is 1. The van der Waals surface area contributed by atoms with Crippen molar-refractivity contribution in [2.45, 2.75) is 44.6 Å². The number of ether oxygens (including phenoxy) is 1. The largest absolute Gasteiger partial charge is 0.502 e. The minimum absolute atomic E-state index is 0.0369. The lowest BCUT2D eigenvalue weighted by Crippen LogP contribution is -2.68. The highest BCUT2D eigenvalue weighted by atomic mass is 32.1. The average molecular weight is 484 g/mol. The second-order valence-electron chi connectivity index (χ2n) is 8.72. The first-order chi connectivity index (χ1) is 16.4. The number of hydrogen-bond acceptors (Lipinski definition) is 8. The fourth-order valence-corrected chi connectivity index (χ4v) is 5.99. The minimum atomic E-state index is -0.658. The lowest BCUT2D eigenvalue weighted by Gasteiger charge is -2.51. The Balaban J connectivity index is 1.41. The number of aromatic nitrogens is 3. The Morgan fingerprint density at radius 3 is 2.76 bits per heavy atom. The predicted molar refractivity (Wildman–Crippen MR) is 122 cm³/mol. The van der Waals surface area contributed by atoms with Crippen LogP contribution in [0.4, 0.5) is 4.39 Å². The molecule has 11 heteroatoms. The maximum atomic E-state index is 13.3. The van der Waals surface area contributed by atoms with Gasteiger partial charge < -0.3 is 14.7 Å². The van der Waals surface area contributed by atoms with E-state index < -0.39 is 17.1 Å². The number of fused-ring (bicyclic) bond motifs is 6. The summed E-state index contributed by atoms with van der Waals surface area (Å²) in [6.07, 6.45) is 3.40. The maximum absolute atomic E-state index is 13.3. The van der Waals surface area contributed by atoms with E-state index >= 15 is 0 Å². The standard InChI is InChI=1S/C23H22FN5O4S/c1-2-27-22-16-8-7-14(33-16)10-29(22)28-11-15(19(30)20(31)18(28)23(27)32)21-26-25-17(34-21)9-12-3-5-13(24)6-4-12/h3-6,11,14,16,22,31H,2,7-10H2,1H3/t14-,16+,22?/m1/s1. The van der Waals surface area contributed by atoms with E-state index in [1.165, 1.54) is 23.5 Å². The molecular formula is C23H22FN5O4S. The Morgan fingerprint density at radius 1 is 1.21 bits per heavy atom. The molecule has 1 aromatic carbocycles. The first kappa shape index (κ1) is 21.2. The zero-order valence-electron chi connectivity index (χ0n) is 18.3. The van der Waals surface area contributed by atoms with E-state index in [1.54, 1.807) is 27.9 Å². The summed E-state index contributed by atoms with van der Waals surface area (Å²) in [6, 6.07) is 6.11. The van der Waals surface area contributed by atoms with E-state index in [2.05, 4.69) is 10.2 Å². The zero-order valence-corrected chi connectivity index (χ0v) is 19.2. The van der Waals surface area contributed by atoms with Crippen molar-refractivity contribution in [2.75, 3.05) is 18.1 Å². The summed E-state index contributed by atoms with van der Waals surface area (Å²) in [6.45, 7) is 2.86. The van der Waals surface area contributed by atoms with Gasteiger partial charge in [0.25, 0.3) is 5.91 Å². The highest BCUT2D eigenvalue weighted by Crippen LogP contribution is 2.37. The third-order valence-corrected chi connectivity index (χ3v) is 7.66. The molecule has 2 aromatic heterocycles. The van der Waals surface area contributed by atoms with Crippen molar-refractivity contribution in [3.8, 4) is 16.3 Å². The molecular weight excluding hydrogens is 461 g/mol. The minimum Gasteiger partial charge on any atom is -0.502 e. The van der Waals surface area contributed by atoms with Crippen molar-refractivity contribution in [3.63, 3.8) is 0 Å². The fourth-order valence-electron chi connectivity index (χ4n) is 5.11. The molecule has 0 saturated carbocycles. The lowest BCUT2D eigenvalue weighted by atomic mass is 10.1. The highest BCUT2D eigenvalue weighted by Gasteiger charge is 2.50. The number of pyridine rings is 1. The van der Waals surface area contributed by atoms with Gasteiger partial charge in [0.05, 0.1) is 24.3 Å². The monoisotopic (exact) mass is 483 g/mol. The van der Waals surface area contributed by atoms with E-state index in [0.29, 0.717) is 29.5 Å². The zero-order chi connectivity index (χ0) is 23.6. The number of halogens is 1. The van der Waals surface area contributed by atoms with E-state index in [0.717, 1.165) is 18.4 Å². The van der Waals surface area contributed by atoms with Crippen molar-refractivity contribution in [3.05, 3.63) is 62.8 Å². The van der Waals surface area contributed by atoms with Gasteiger partial charge in [-0.2, -0.15) is 0 Å². The Kier molecular flexibility index (Phi) is 4.92. The van der Waals surface area contributed by atoms with Gasteiger partial charge in [-0.05, 0) is 37.5 Å². The van der Waals surface area contributed by atoms with Gasteiger partial charge in [-0.15, -0.1) is 10.2 Å². The Hall–Kier alpha value is -3.31. The molecule has 3 aliphatic rings. The number of aromatic hydroxyl groups is 1. The Labute approximate surface area is 198 Å². The van der Waals surface area contributed by atoms with Crippen molar-refractivity contribution in [1.82, 2.24) is 19.8 Å². The number of benzene rings is 1. The highest BCUT2D eigenvalue weighted by molar-refractivity contribution is 7.14. The topological polar surface area (TPSA) is 101 Å². The lowest BCUT2D eigenvalue weighted by molar-refractivity contribution is -0.0523. The summed E-state index contributed by atoms with van der Waals surface area (Å²) in [5.41, 5.74) is 0.351. The normalized spacial score (nSPS) is 23.2. The summed E-state index contributed by atoms with van der Waals surface area (Å²) in [7, 11) is 0. The fraction of sp³-hybridized carbons (Fsp3) is 0.391.